The average Bonchev–Trinajstić information content (AvgIpc) is 3.58. The van der Waals surface area contributed by atoms with Crippen LogP contribution in [0.5, 0.6) is 0 Å². The molecule has 2 aromatic heterocycles. The second-order valence-electron chi connectivity index (χ2n) is 7.84. The lowest BCUT2D eigenvalue weighted by molar-refractivity contribution is 1.10. The van der Waals surface area contributed by atoms with Crippen LogP contribution < -0.4 is 0 Å². The van der Waals surface area contributed by atoms with Gasteiger partial charge in [0, 0.05) is 39.7 Å². The number of pyridine rings is 2. The zero-order valence-corrected chi connectivity index (χ0v) is 16.6. The fraction of sp³-hybridized carbons (Fsp3) is 0.192. The van der Waals surface area contributed by atoms with Gasteiger partial charge in [-0.25, -0.2) is 0 Å². The summed E-state index contributed by atoms with van der Waals surface area (Å²) in [5.41, 5.74) is 9.78. The lowest BCUT2D eigenvalue weighted by atomic mass is 9.91. The zero-order valence-electron chi connectivity index (χ0n) is 16.6. The summed E-state index contributed by atoms with van der Waals surface area (Å²) < 4.78 is 0. The quantitative estimate of drug-likeness (QED) is 0.420. The number of benzene rings is 2. The lowest BCUT2D eigenvalue weighted by Crippen LogP contribution is -1.97. The molecule has 0 N–H and O–H groups in total. The molecule has 2 heterocycles. The summed E-state index contributed by atoms with van der Waals surface area (Å²) in [5, 5.41) is 10.3. The molecular formula is C26H21N3. The molecule has 0 radical (unpaired) electrons. The highest BCUT2D eigenvalue weighted by Gasteiger charge is 2.29. The van der Waals surface area contributed by atoms with Crippen LogP contribution in [-0.4, -0.2) is 9.97 Å². The molecule has 1 aliphatic carbocycles. The van der Waals surface area contributed by atoms with E-state index < -0.39 is 0 Å². The van der Waals surface area contributed by atoms with E-state index in [9.17, 15) is 0 Å². The second-order valence-corrected chi connectivity index (χ2v) is 7.84. The molecule has 29 heavy (non-hydrogen) atoms. The summed E-state index contributed by atoms with van der Waals surface area (Å²) >= 11 is 0. The SMILES string of the molecule is Cc1ccc(-c2cnc3c(-c4ccc(C#N)cc4)cccc3c2C2CC2)c(C)n1. The summed E-state index contributed by atoms with van der Waals surface area (Å²) in [4.78, 5) is 9.60. The molecule has 0 bridgehead atoms. The summed E-state index contributed by atoms with van der Waals surface area (Å²) in [6.45, 7) is 4.11. The maximum atomic E-state index is 9.09. The highest BCUT2D eigenvalue weighted by atomic mass is 14.7. The van der Waals surface area contributed by atoms with Crippen LogP contribution in [0.1, 0.15) is 41.3 Å². The molecule has 1 fully saturated rings. The van der Waals surface area contributed by atoms with Crippen molar-refractivity contribution in [2.75, 3.05) is 0 Å². The smallest absolute Gasteiger partial charge is 0.0991 e. The monoisotopic (exact) mass is 375 g/mol. The summed E-state index contributed by atoms with van der Waals surface area (Å²) in [6, 6.07) is 20.6. The molecule has 0 aliphatic heterocycles. The van der Waals surface area contributed by atoms with E-state index in [4.69, 9.17) is 10.2 Å². The minimum atomic E-state index is 0.590. The number of nitrogens with zero attached hydrogens (tertiary/aromatic N) is 3. The van der Waals surface area contributed by atoms with Crippen molar-refractivity contribution < 1.29 is 0 Å². The number of nitriles is 1. The molecular weight excluding hydrogens is 354 g/mol. The van der Waals surface area contributed by atoms with Crippen molar-refractivity contribution >= 4 is 10.9 Å². The lowest BCUT2D eigenvalue weighted by Gasteiger charge is -2.16. The molecule has 0 amide bonds. The van der Waals surface area contributed by atoms with E-state index in [1.807, 2.05) is 37.4 Å². The third-order valence-corrected chi connectivity index (χ3v) is 5.76. The Kier molecular flexibility index (Phi) is 4.14. The highest BCUT2D eigenvalue weighted by molar-refractivity contribution is 5.99. The minimum absolute atomic E-state index is 0.590. The van der Waals surface area contributed by atoms with Gasteiger partial charge in [-0.05, 0) is 61.9 Å². The van der Waals surface area contributed by atoms with Crippen molar-refractivity contribution in [1.82, 2.24) is 9.97 Å². The maximum Gasteiger partial charge on any atom is 0.0991 e. The van der Waals surface area contributed by atoms with Crippen molar-refractivity contribution in [3.63, 3.8) is 0 Å². The van der Waals surface area contributed by atoms with Crippen LogP contribution in [0.25, 0.3) is 33.2 Å². The molecule has 0 unspecified atom stereocenters. The second kappa shape index (κ2) is 6.83. The first-order chi connectivity index (χ1) is 14.2. The van der Waals surface area contributed by atoms with Gasteiger partial charge in [0.25, 0.3) is 0 Å². The first kappa shape index (κ1) is 17.6. The van der Waals surface area contributed by atoms with Gasteiger partial charge in [0.05, 0.1) is 17.1 Å². The Labute approximate surface area is 170 Å². The molecule has 1 aliphatic rings. The van der Waals surface area contributed by atoms with E-state index in [0.717, 1.165) is 28.0 Å². The maximum absolute atomic E-state index is 9.09. The van der Waals surface area contributed by atoms with Crippen LogP contribution in [-0.2, 0) is 0 Å². The number of para-hydroxylation sites is 1. The van der Waals surface area contributed by atoms with E-state index in [-0.39, 0.29) is 0 Å². The Morgan fingerprint density at radius 1 is 0.897 bits per heavy atom. The van der Waals surface area contributed by atoms with Gasteiger partial charge < -0.3 is 0 Å². The van der Waals surface area contributed by atoms with Gasteiger partial charge >= 0.3 is 0 Å². The van der Waals surface area contributed by atoms with Gasteiger partial charge in [-0.3, -0.25) is 9.97 Å². The van der Waals surface area contributed by atoms with Crippen molar-refractivity contribution in [2.45, 2.75) is 32.6 Å². The third-order valence-electron chi connectivity index (χ3n) is 5.76. The van der Waals surface area contributed by atoms with Crippen molar-refractivity contribution in [1.29, 1.82) is 5.26 Å². The van der Waals surface area contributed by atoms with E-state index in [1.54, 1.807) is 0 Å². The standard InChI is InChI=1S/C26H21N3/c1-16-6-13-21(17(2)29-16)24-15-28-26-22(19-9-7-18(14-27)8-10-19)4-3-5-23(26)25(24)20-11-12-20/h3-10,13,15,20H,11-12H2,1-2H3. The normalized spacial score (nSPS) is 13.4. The van der Waals surface area contributed by atoms with Crippen LogP contribution in [0.3, 0.4) is 0 Å². The van der Waals surface area contributed by atoms with E-state index in [1.165, 1.54) is 34.9 Å². The molecule has 3 nitrogen and oxygen atoms in total. The number of hydrogen-bond donors (Lipinski definition) is 0. The van der Waals surface area contributed by atoms with Crippen molar-refractivity contribution in [3.05, 3.63) is 83.3 Å². The van der Waals surface area contributed by atoms with Crippen molar-refractivity contribution in [2.24, 2.45) is 0 Å². The first-order valence-electron chi connectivity index (χ1n) is 10.0. The zero-order chi connectivity index (χ0) is 20.0. The predicted octanol–water partition coefficient (Wildman–Crippen LogP) is 6.33. The summed E-state index contributed by atoms with van der Waals surface area (Å²) in [7, 11) is 0. The van der Waals surface area contributed by atoms with Gasteiger partial charge in [-0.1, -0.05) is 36.4 Å². The van der Waals surface area contributed by atoms with Crippen LogP contribution >= 0.6 is 0 Å². The van der Waals surface area contributed by atoms with E-state index in [2.05, 4.69) is 48.3 Å². The molecule has 5 rings (SSSR count). The Morgan fingerprint density at radius 2 is 1.69 bits per heavy atom. The molecule has 0 saturated heterocycles. The Bertz CT molecular complexity index is 1280. The first-order valence-corrected chi connectivity index (χ1v) is 10.0. The molecule has 1 saturated carbocycles. The van der Waals surface area contributed by atoms with Gasteiger partial charge in [0.15, 0.2) is 0 Å². The summed E-state index contributed by atoms with van der Waals surface area (Å²) in [5.74, 6) is 0.590. The fourth-order valence-electron chi connectivity index (χ4n) is 4.20. The molecule has 2 aromatic carbocycles. The van der Waals surface area contributed by atoms with Gasteiger partial charge in [-0.15, -0.1) is 0 Å². The predicted molar refractivity (Wildman–Crippen MR) is 117 cm³/mol. The number of hydrogen-bond acceptors (Lipinski definition) is 3. The Hall–Kier alpha value is -3.51. The average molecular weight is 375 g/mol. The Balaban J connectivity index is 1.74. The highest BCUT2D eigenvalue weighted by Crippen LogP contribution is 2.48. The number of aromatic nitrogens is 2. The molecule has 0 spiro atoms. The minimum Gasteiger partial charge on any atom is -0.258 e. The van der Waals surface area contributed by atoms with Crippen LogP contribution in [0.2, 0.25) is 0 Å². The molecule has 0 atom stereocenters. The van der Waals surface area contributed by atoms with Crippen LogP contribution in [0, 0.1) is 25.2 Å². The number of fused-ring (bicyclic) bond motifs is 1. The summed E-state index contributed by atoms with van der Waals surface area (Å²) in [6.07, 6.45) is 4.49. The molecule has 140 valence electrons. The van der Waals surface area contributed by atoms with Crippen LogP contribution in [0.4, 0.5) is 0 Å². The number of rotatable bonds is 3. The van der Waals surface area contributed by atoms with Gasteiger partial charge in [-0.2, -0.15) is 5.26 Å². The van der Waals surface area contributed by atoms with Gasteiger partial charge in [0.2, 0.25) is 0 Å². The topological polar surface area (TPSA) is 49.6 Å². The number of aryl methyl sites for hydroxylation is 2. The third kappa shape index (κ3) is 3.07. The Morgan fingerprint density at radius 3 is 2.38 bits per heavy atom. The largest absolute Gasteiger partial charge is 0.258 e. The van der Waals surface area contributed by atoms with E-state index >= 15 is 0 Å². The van der Waals surface area contributed by atoms with E-state index in [0.29, 0.717) is 11.5 Å². The van der Waals surface area contributed by atoms with Crippen LogP contribution in [0.15, 0.2) is 60.8 Å². The molecule has 4 aromatic rings. The molecule has 3 heteroatoms. The van der Waals surface area contributed by atoms with Crippen molar-refractivity contribution in [3.8, 4) is 28.3 Å². The fourth-order valence-corrected chi connectivity index (χ4v) is 4.20. The van der Waals surface area contributed by atoms with Gasteiger partial charge in [0.1, 0.15) is 0 Å².